The highest BCUT2D eigenvalue weighted by atomic mass is 19.1. The first-order valence-electron chi connectivity index (χ1n) is 6.74. The molecule has 1 atom stereocenters. The molecule has 3 aromatic rings. The molecule has 2 nitrogen and oxygen atoms in total. The molecule has 21 heavy (non-hydrogen) atoms. The van der Waals surface area contributed by atoms with Crippen molar-refractivity contribution >= 4 is 27.5 Å². The van der Waals surface area contributed by atoms with Crippen molar-refractivity contribution in [2.75, 3.05) is 7.11 Å². The summed E-state index contributed by atoms with van der Waals surface area (Å²) in [5.74, 6) is -0.886. The van der Waals surface area contributed by atoms with Crippen LogP contribution in [-0.4, -0.2) is 13.1 Å². The summed E-state index contributed by atoms with van der Waals surface area (Å²) in [4.78, 5) is 11.7. The van der Waals surface area contributed by atoms with Gasteiger partial charge < -0.3 is 4.74 Å². The number of halogens is 1. The van der Waals surface area contributed by atoms with Crippen molar-refractivity contribution < 1.29 is 13.9 Å². The van der Waals surface area contributed by atoms with E-state index in [1.807, 2.05) is 42.5 Å². The minimum absolute atomic E-state index is 0.331. The number of carbonyl (C=O) groups excluding carboxylic acids is 1. The van der Waals surface area contributed by atoms with Gasteiger partial charge in [-0.2, -0.15) is 0 Å². The number of hydrogen-bond acceptors (Lipinski definition) is 2. The number of alkyl halides is 1. The predicted molar refractivity (Wildman–Crippen MR) is 81.9 cm³/mol. The maximum Gasteiger partial charge on any atom is 0.348 e. The molecule has 0 aliphatic rings. The number of hydrogen-bond donors (Lipinski definition) is 0. The van der Waals surface area contributed by atoms with Crippen LogP contribution in [0.2, 0.25) is 0 Å². The normalized spacial score (nSPS) is 14.0. The van der Waals surface area contributed by atoms with Gasteiger partial charge in [-0.15, -0.1) is 0 Å². The SMILES string of the molecule is COC(=O)C(C)(F)c1cccc2c1ccc1ccccc12. The molecule has 1 unspecified atom stereocenters. The van der Waals surface area contributed by atoms with Gasteiger partial charge in [0.2, 0.25) is 5.67 Å². The van der Waals surface area contributed by atoms with E-state index in [0.717, 1.165) is 21.5 Å². The van der Waals surface area contributed by atoms with Gasteiger partial charge in [0.05, 0.1) is 7.11 Å². The van der Waals surface area contributed by atoms with Gasteiger partial charge in [0.15, 0.2) is 0 Å². The number of fused-ring (bicyclic) bond motifs is 3. The van der Waals surface area contributed by atoms with Gasteiger partial charge in [-0.3, -0.25) is 0 Å². The third kappa shape index (κ3) is 2.05. The largest absolute Gasteiger partial charge is 0.466 e. The predicted octanol–water partition coefficient (Wildman–Crippen LogP) is 4.35. The topological polar surface area (TPSA) is 26.3 Å². The number of carbonyl (C=O) groups is 1. The lowest BCUT2D eigenvalue weighted by Gasteiger charge is -2.20. The summed E-state index contributed by atoms with van der Waals surface area (Å²) in [5.41, 5.74) is -1.84. The standard InChI is InChI=1S/C18H15FO2/c1-18(19,17(20)21-2)16-9-5-8-14-13-7-4-3-6-12(13)10-11-15(14)16/h3-11H,1-2H3. The van der Waals surface area contributed by atoms with Gasteiger partial charge in [-0.25, -0.2) is 9.18 Å². The smallest absolute Gasteiger partial charge is 0.348 e. The molecule has 0 heterocycles. The molecule has 0 radical (unpaired) electrons. The molecule has 3 aromatic carbocycles. The summed E-state index contributed by atoms with van der Waals surface area (Å²) in [6, 6.07) is 17.1. The number of esters is 1. The third-order valence-electron chi connectivity index (χ3n) is 3.86. The van der Waals surface area contributed by atoms with E-state index < -0.39 is 11.6 Å². The first-order chi connectivity index (χ1) is 10.1. The van der Waals surface area contributed by atoms with Gasteiger partial charge in [0.25, 0.3) is 0 Å². The Kier molecular flexibility index (Phi) is 3.13. The van der Waals surface area contributed by atoms with Gasteiger partial charge in [-0.1, -0.05) is 54.6 Å². The first-order valence-corrected chi connectivity index (χ1v) is 6.74. The maximum absolute atomic E-state index is 14.9. The summed E-state index contributed by atoms with van der Waals surface area (Å²) >= 11 is 0. The average Bonchev–Trinajstić information content (AvgIpc) is 2.53. The second kappa shape index (κ2) is 4.85. The van der Waals surface area contributed by atoms with Gasteiger partial charge in [-0.05, 0) is 28.5 Å². The van der Waals surface area contributed by atoms with Crippen molar-refractivity contribution in [3.05, 3.63) is 60.2 Å². The van der Waals surface area contributed by atoms with Crippen LogP contribution >= 0.6 is 0 Å². The molecule has 3 rings (SSSR count). The summed E-state index contributed by atoms with van der Waals surface area (Å²) < 4.78 is 19.5. The van der Waals surface area contributed by atoms with E-state index in [1.165, 1.54) is 14.0 Å². The molecule has 0 aliphatic heterocycles. The Morgan fingerprint density at radius 2 is 1.67 bits per heavy atom. The van der Waals surface area contributed by atoms with Crippen molar-refractivity contribution in [3.63, 3.8) is 0 Å². The maximum atomic E-state index is 14.9. The zero-order valence-corrected chi connectivity index (χ0v) is 11.9. The lowest BCUT2D eigenvalue weighted by atomic mass is 9.90. The Balaban J connectivity index is 2.36. The van der Waals surface area contributed by atoms with Crippen molar-refractivity contribution in [1.29, 1.82) is 0 Å². The van der Waals surface area contributed by atoms with E-state index in [1.54, 1.807) is 12.1 Å². The first kappa shape index (κ1) is 13.6. The lowest BCUT2D eigenvalue weighted by molar-refractivity contribution is -0.154. The van der Waals surface area contributed by atoms with Crippen LogP contribution in [0.5, 0.6) is 0 Å². The van der Waals surface area contributed by atoms with E-state index in [2.05, 4.69) is 4.74 Å². The molecule has 0 amide bonds. The van der Waals surface area contributed by atoms with Crippen LogP contribution in [0.3, 0.4) is 0 Å². The van der Waals surface area contributed by atoms with Crippen LogP contribution in [0.4, 0.5) is 4.39 Å². The van der Waals surface area contributed by atoms with Gasteiger partial charge >= 0.3 is 5.97 Å². The van der Waals surface area contributed by atoms with Crippen molar-refractivity contribution in [2.24, 2.45) is 0 Å². The fraction of sp³-hybridized carbons (Fsp3) is 0.167. The van der Waals surface area contributed by atoms with E-state index in [0.29, 0.717) is 5.56 Å². The summed E-state index contributed by atoms with van der Waals surface area (Å²) in [7, 11) is 1.20. The van der Waals surface area contributed by atoms with E-state index in [-0.39, 0.29) is 0 Å². The highest BCUT2D eigenvalue weighted by Gasteiger charge is 2.37. The molecule has 0 N–H and O–H groups in total. The molecule has 0 aliphatic carbocycles. The van der Waals surface area contributed by atoms with Crippen LogP contribution in [0.25, 0.3) is 21.5 Å². The molecule has 0 spiro atoms. The molecule has 0 fully saturated rings. The Hall–Kier alpha value is -2.42. The lowest BCUT2D eigenvalue weighted by Crippen LogP contribution is -2.28. The van der Waals surface area contributed by atoms with Crippen molar-refractivity contribution in [3.8, 4) is 0 Å². The van der Waals surface area contributed by atoms with Crippen molar-refractivity contribution in [2.45, 2.75) is 12.6 Å². The fourth-order valence-electron chi connectivity index (χ4n) is 2.75. The molecule has 0 saturated heterocycles. The highest BCUT2D eigenvalue weighted by molar-refractivity contribution is 6.09. The number of rotatable bonds is 2. The Morgan fingerprint density at radius 3 is 2.43 bits per heavy atom. The van der Waals surface area contributed by atoms with Gasteiger partial charge in [0.1, 0.15) is 0 Å². The molecule has 3 heteroatoms. The molecule has 0 aromatic heterocycles. The minimum Gasteiger partial charge on any atom is -0.466 e. The van der Waals surface area contributed by atoms with Crippen LogP contribution in [-0.2, 0) is 15.2 Å². The van der Waals surface area contributed by atoms with Crippen LogP contribution in [0, 0.1) is 0 Å². The van der Waals surface area contributed by atoms with E-state index in [9.17, 15) is 9.18 Å². The quantitative estimate of drug-likeness (QED) is 0.516. The van der Waals surface area contributed by atoms with E-state index in [4.69, 9.17) is 0 Å². The molecular formula is C18H15FO2. The van der Waals surface area contributed by atoms with Crippen LogP contribution in [0.15, 0.2) is 54.6 Å². The highest BCUT2D eigenvalue weighted by Crippen LogP contribution is 2.35. The van der Waals surface area contributed by atoms with Crippen LogP contribution < -0.4 is 0 Å². The monoisotopic (exact) mass is 282 g/mol. The molecule has 0 bridgehead atoms. The van der Waals surface area contributed by atoms with E-state index >= 15 is 0 Å². The number of methoxy groups -OCH3 is 1. The second-order valence-electron chi connectivity index (χ2n) is 5.18. The Morgan fingerprint density at radius 1 is 0.952 bits per heavy atom. The average molecular weight is 282 g/mol. The summed E-state index contributed by atoms with van der Waals surface area (Å²) in [6.45, 7) is 1.24. The third-order valence-corrected chi connectivity index (χ3v) is 3.86. The summed E-state index contributed by atoms with van der Waals surface area (Å²) in [5, 5.41) is 3.78. The molecule has 106 valence electrons. The Labute approximate surface area is 122 Å². The van der Waals surface area contributed by atoms with Crippen molar-refractivity contribution in [1.82, 2.24) is 0 Å². The summed E-state index contributed by atoms with van der Waals surface area (Å²) in [6.07, 6.45) is 0. The number of benzene rings is 3. The van der Waals surface area contributed by atoms with Crippen LogP contribution in [0.1, 0.15) is 12.5 Å². The number of ether oxygens (including phenoxy) is 1. The second-order valence-corrected chi connectivity index (χ2v) is 5.18. The molecular weight excluding hydrogens is 267 g/mol. The zero-order chi connectivity index (χ0) is 15.0. The zero-order valence-electron chi connectivity index (χ0n) is 11.9. The minimum atomic E-state index is -2.17. The van der Waals surface area contributed by atoms with Gasteiger partial charge in [0, 0.05) is 5.56 Å². The fourth-order valence-corrected chi connectivity index (χ4v) is 2.75. The molecule has 0 saturated carbocycles. The Bertz CT molecular complexity index is 837.